The van der Waals surface area contributed by atoms with Crippen molar-refractivity contribution in [2.75, 3.05) is 68.7 Å². The number of piperidine rings is 2. The second kappa shape index (κ2) is 51.3. The average molecular weight is 2120 g/mol. The number of likely N-dealkylation sites (tertiary alicyclic amines) is 2. The van der Waals surface area contributed by atoms with Crippen LogP contribution in [-0.2, 0) is 64.6 Å². The van der Waals surface area contributed by atoms with Crippen LogP contribution in [0.3, 0.4) is 0 Å². The number of nitrogens with zero attached hydrogens (tertiary/aromatic N) is 10. The highest BCUT2D eigenvalue weighted by Crippen LogP contribution is 2.42. The molecule has 4 aliphatic rings. The van der Waals surface area contributed by atoms with Crippen LogP contribution in [0.2, 0.25) is 0 Å². The SMILES string of the molecule is C=CC(=O)Nc1ccc(C(=O)C2CCC[C@@H](Nc3ncc(SCc4ncc(C(C)(C)C)o4)s3)C2)cc1.C=CC(=O)Nc1ccc(C(=O)N2CCC[C@@H](Nc3ncc(SCc4ncc(C(C)(C)C)o4)s3)C2)cc1.C=CC(=O)Nc1ccc(C(=O)N2CCC[C@@H](Nc3ncc(SCc4ncc(C(F)(F)F)o4)s3)C2)cc1.C=CC(=O)Nc1ccc(SC2CCC[C@@H](Nc3ncc(SCc4ncc(C(C)(C)C)o4)s3)C2)cc1. The summed E-state index contributed by atoms with van der Waals surface area (Å²) in [5, 5.41) is 28.8. The normalized spacial score (nSPS) is 17.0. The first kappa shape index (κ1) is 109. The van der Waals surface area contributed by atoms with E-state index in [2.05, 4.69) is 183 Å². The number of thiazole rings is 4. The van der Waals surface area contributed by atoms with Crippen LogP contribution < -0.4 is 42.5 Å². The molecular weight excluding hydrogens is 2000 g/mol. The number of Topliss-reactive ketones (excluding diaryl/α,β-unsaturated/α-hetero) is 1. The van der Waals surface area contributed by atoms with Gasteiger partial charge < -0.3 is 70.0 Å². The van der Waals surface area contributed by atoms with Crippen LogP contribution in [0.5, 0.6) is 0 Å². The summed E-state index contributed by atoms with van der Waals surface area (Å²) in [4.78, 5) is 125. The van der Waals surface area contributed by atoms with Gasteiger partial charge in [0.2, 0.25) is 53.0 Å². The third-order valence-corrected chi connectivity index (χ3v) is 32.5. The molecule has 29 nitrogen and oxygen atoms in total. The van der Waals surface area contributed by atoms with Crippen molar-refractivity contribution in [1.29, 1.82) is 0 Å². The molecule has 8 N–H and O–H groups in total. The molecule has 756 valence electrons. The Morgan fingerprint density at radius 3 is 1.00 bits per heavy atom. The Morgan fingerprint density at radius 2 is 0.678 bits per heavy atom. The van der Waals surface area contributed by atoms with Crippen molar-refractivity contribution in [1.82, 2.24) is 49.7 Å². The average Bonchev–Trinajstić information content (AvgIpc) is 1.28. The third-order valence-electron chi connectivity index (χ3n) is 22.8. The number of rotatable bonds is 34. The van der Waals surface area contributed by atoms with E-state index in [1.807, 2.05) is 59.8 Å². The largest absolute Gasteiger partial charge is 0.451 e. The Hall–Kier alpha value is -11.6. The minimum absolute atomic E-state index is 0.00668. The maximum Gasteiger partial charge on any atom is 0.451 e. The topological polar surface area (TPSA) is 378 Å². The lowest BCUT2D eigenvalue weighted by Gasteiger charge is -2.33. The van der Waals surface area contributed by atoms with Gasteiger partial charge >= 0.3 is 6.18 Å². The van der Waals surface area contributed by atoms with Crippen molar-refractivity contribution in [2.45, 2.75) is 236 Å². The molecule has 41 heteroatoms. The first-order valence-corrected chi connectivity index (χ1v) is 54.7. The molecule has 6 amide bonds. The summed E-state index contributed by atoms with van der Waals surface area (Å²) >= 11 is 14.5. The Labute approximate surface area is 867 Å². The lowest BCUT2D eigenvalue weighted by Crippen LogP contribution is -2.45. The molecule has 0 bridgehead atoms. The minimum Gasteiger partial charge on any atom is -0.444 e. The molecule has 4 fully saturated rings. The fourth-order valence-electron chi connectivity index (χ4n) is 15.3. The van der Waals surface area contributed by atoms with Gasteiger partial charge in [-0.15, -0.1) is 58.8 Å². The zero-order valence-electron chi connectivity index (χ0n) is 80.9. The number of hydrogen-bond donors (Lipinski definition) is 8. The molecule has 12 aromatic rings. The van der Waals surface area contributed by atoms with Crippen molar-refractivity contribution in [3.63, 3.8) is 0 Å². The Morgan fingerprint density at radius 1 is 0.378 bits per heavy atom. The number of anilines is 8. The smallest absolute Gasteiger partial charge is 0.444 e. The first-order chi connectivity index (χ1) is 68.4. The van der Waals surface area contributed by atoms with E-state index < -0.39 is 11.9 Å². The summed E-state index contributed by atoms with van der Waals surface area (Å²) in [6.45, 7) is 35.3. The number of aromatic nitrogens is 8. The van der Waals surface area contributed by atoms with Crippen LogP contribution in [0.1, 0.15) is 217 Å². The van der Waals surface area contributed by atoms with E-state index in [4.69, 9.17) is 17.7 Å². The third kappa shape index (κ3) is 33.8. The van der Waals surface area contributed by atoms with E-state index in [1.165, 1.54) is 65.1 Å². The highest BCUT2D eigenvalue weighted by molar-refractivity contribution is 8.01. The molecule has 0 radical (unpaired) electrons. The summed E-state index contributed by atoms with van der Waals surface area (Å²) in [6, 6.07) is 29.5. The second-order valence-electron chi connectivity index (χ2n) is 37.1. The molecule has 2 saturated carbocycles. The van der Waals surface area contributed by atoms with Crippen molar-refractivity contribution in [2.24, 2.45) is 5.92 Å². The van der Waals surface area contributed by atoms with Crippen LogP contribution in [-0.4, -0.2) is 146 Å². The summed E-state index contributed by atoms with van der Waals surface area (Å²) in [6.07, 6.45) is 25.7. The number of hydrogen-bond acceptors (Lipinski definition) is 32. The summed E-state index contributed by atoms with van der Waals surface area (Å²) in [5.41, 5.74) is 4.31. The maximum absolute atomic E-state index is 13.1. The molecule has 143 heavy (non-hydrogen) atoms. The predicted octanol–water partition coefficient (Wildman–Crippen LogP) is 24.9. The second-order valence-corrected chi connectivity index (χ2v) is 47.7. The molecule has 10 heterocycles. The fourth-order valence-corrected chi connectivity index (χ4v) is 23.8. The number of alkyl halides is 3. The highest BCUT2D eigenvalue weighted by Gasteiger charge is 2.37. The van der Waals surface area contributed by atoms with E-state index in [0.29, 0.717) is 99.2 Å². The Balaban J connectivity index is 0.000000160. The molecule has 2 aliphatic carbocycles. The van der Waals surface area contributed by atoms with Crippen molar-refractivity contribution < 1.29 is 64.4 Å². The number of oxazole rings is 4. The van der Waals surface area contributed by atoms with Crippen LogP contribution in [0, 0.1) is 5.92 Å². The molecule has 16 rings (SSSR count). The van der Waals surface area contributed by atoms with Gasteiger partial charge in [0.15, 0.2) is 26.3 Å². The number of amides is 6. The predicted molar refractivity (Wildman–Crippen MR) is 569 cm³/mol. The van der Waals surface area contributed by atoms with Crippen molar-refractivity contribution >= 4 is 189 Å². The summed E-state index contributed by atoms with van der Waals surface area (Å²) in [7, 11) is 0. The number of benzene rings is 4. The number of carbonyl (C=O) groups excluding carboxylic acids is 7. The van der Waals surface area contributed by atoms with Crippen molar-refractivity contribution in [3.8, 4) is 0 Å². The molecule has 0 spiro atoms. The van der Waals surface area contributed by atoms with Gasteiger partial charge in [0.1, 0.15) is 17.3 Å². The van der Waals surface area contributed by atoms with Crippen LogP contribution in [0.15, 0.2) is 237 Å². The zero-order chi connectivity index (χ0) is 102. The molecule has 2 aliphatic heterocycles. The zero-order valence-corrected chi connectivity index (χ0v) is 88.2. The minimum atomic E-state index is -4.56. The maximum atomic E-state index is 13.1. The van der Waals surface area contributed by atoms with Gasteiger partial charge in [0.25, 0.3) is 11.8 Å². The van der Waals surface area contributed by atoms with E-state index in [1.54, 1.807) is 159 Å². The molecular formula is C102H117F3N18O11S9. The Bertz CT molecular complexity index is 5840. The molecule has 2 unspecified atom stereocenters. The fraction of sp³-hybridized carbons (Fsp3) is 0.382. The van der Waals surface area contributed by atoms with Gasteiger partial charge in [-0.2, -0.15) is 13.2 Å². The molecule has 6 atom stereocenters. The van der Waals surface area contributed by atoms with E-state index in [-0.39, 0.29) is 93.2 Å². The number of carbonyl (C=O) groups is 7. The molecule has 8 aromatic heterocycles. The van der Waals surface area contributed by atoms with Crippen LogP contribution in [0.25, 0.3) is 0 Å². The molecule has 2 saturated heterocycles. The van der Waals surface area contributed by atoms with Gasteiger partial charge in [-0.3, -0.25) is 33.6 Å². The van der Waals surface area contributed by atoms with Crippen LogP contribution in [0.4, 0.5) is 56.4 Å². The van der Waals surface area contributed by atoms with Crippen molar-refractivity contribution in [3.05, 3.63) is 261 Å². The van der Waals surface area contributed by atoms with Gasteiger partial charge in [0.05, 0.1) is 89.4 Å². The quantitative estimate of drug-likeness (QED) is 0.0105. The number of nitrogens with one attached hydrogen (secondary N) is 8. The van der Waals surface area contributed by atoms with Gasteiger partial charge in [0, 0.05) is 122 Å². The highest BCUT2D eigenvalue weighted by atomic mass is 32.2. The monoisotopic (exact) mass is 2110 g/mol. The lowest BCUT2D eigenvalue weighted by atomic mass is 9.81. The van der Waals surface area contributed by atoms with Crippen LogP contribution >= 0.6 is 104 Å². The standard InChI is InChI=1S/C27H32N4O3S2.C26H31N5O3S2.C26H32N4O2S3.C23H22F3N5O3S2/c1-5-22(32)30-19-11-9-17(10-12-19)25(33)18-7-6-8-20(13-18)31-26-29-15-24(36-26)35-16-23-28-14-21(34-23)27(2,3)4;1-5-21(32)29-18-10-8-17(9-11-18)24(33)31-12-6-7-19(15-31)30-25-28-14-23(36-25)35-16-22-27-13-20(34-22)26(2,3)4;1-5-22(31)29-17-9-11-19(12-10-17)34-20-8-6-7-18(13-20)30-25-28-15-24(35-25)33-16-23-27-14-21(32-23)26(2,3)4;1-2-18(32)29-15-7-5-14(6-8-15)21(33)31-9-3-4-16(12-31)30-22-28-11-20(36-22)35-13-19-27-10-17(34-19)23(24,25)26/h5,9-12,14-15,18,20H,1,6-8,13,16H2,2-4H3,(H,29,31)(H,30,32);5,8-11,13-14,19H,1,6-7,12,15-16H2,2-4H3,(H,28,30)(H,29,32);5,9-12,14-15,18,20H,1,6-8,13,16H2,2-4H3,(H,28,30)(H,29,31);2,5-8,10-11,16H,1,3-4,9,12-13H2,(H,28,30)(H,29,32)/t18?,20-;19-;18-,20?;16-/m1111/s1. The van der Waals surface area contributed by atoms with E-state index in [0.717, 1.165) is 138 Å². The summed E-state index contributed by atoms with van der Waals surface area (Å²) < 4.78 is 64.5. The van der Waals surface area contributed by atoms with E-state index >= 15 is 0 Å². The number of ketones is 1. The molecule has 4 aromatic carbocycles. The lowest BCUT2D eigenvalue weighted by molar-refractivity contribution is -0.153. The number of thioether (sulfide) groups is 5. The summed E-state index contributed by atoms with van der Waals surface area (Å²) in [5.74, 6) is 4.88. The van der Waals surface area contributed by atoms with Gasteiger partial charge in [-0.25, -0.2) is 39.9 Å². The Kier molecular flexibility index (Phi) is 39.0. The van der Waals surface area contributed by atoms with Gasteiger partial charge in [-0.05, 0) is 186 Å². The van der Waals surface area contributed by atoms with Gasteiger partial charge in [-0.1, -0.05) is 147 Å². The first-order valence-electron chi connectivity index (χ1n) is 46.6. The van der Waals surface area contributed by atoms with E-state index in [9.17, 15) is 46.7 Å². The number of halogens is 3.